The van der Waals surface area contributed by atoms with Crippen LogP contribution in [0.25, 0.3) is 0 Å². The first-order valence-corrected chi connectivity index (χ1v) is 9.96. The molecule has 6 heteroatoms. The van der Waals surface area contributed by atoms with Crippen molar-refractivity contribution in [1.29, 1.82) is 0 Å². The van der Waals surface area contributed by atoms with Gasteiger partial charge in [0, 0.05) is 18.8 Å². The van der Waals surface area contributed by atoms with Crippen molar-refractivity contribution < 1.29 is 9.53 Å². The normalized spacial score (nSPS) is 17.6. The van der Waals surface area contributed by atoms with Gasteiger partial charge in [-0.2, -0.15) is 0 Å². The minimum absolute atomic E-state index is 0.303. The molecule has 0 saturated carbocycles. The summed E-state index contributed by atoms with van der Waals surface area (Å²) in [4.78, 5) is 14.5. The average Bonchev–Trinajstić information content (AvgIpc) is 2.61. The molecule has 1 aromatic carbocycles. The molecule has 0 radical (unpaired) electrons. The van der Waals surface area contributed by atoms with Gasteiger partial charge in [0.05, 0.1) is 12.2 Å². The van der Waals surface area contributed by atoms with Crippen LogP contribution in [0.15, 0.2) is 18.2 Å². The second-order valence-corrected chi connectivity index (χ2v) is 7.39. The Hall–Kier alpha value is -1.66. The van der Waals surface area contributed by atoms with Gasteiger partial charge in [-0.05, 0) is 82.0 Å². The number of carbonyl (C=O) groups excluding carboxylic acids is 1. The molecule has 0 amide bonds. The first-order chi connectivity index (χ1) is 12.5. The topological polar surface area (TPSA) is 53.6 Å². The summed E-state index contributed by atoms with van der Waals surface area (Å²) < 4.78 is 5.09. The maximum absolute atomic E-state index is 12.0. The number of benzene rings is 1. The first-order valence-electron chi connectivity index (χ1n) is 9.55. The molecule has 26 heavy (non-hydrogen) atoms. The zero-order valence-corrected chi connectivity index (χ0v) is 17.0. The van der Waals surface area contributed by atoms with E-state index in [2.05, 4.69) is 22.5 Å². The van der Waals surface area contributed by atoms with Gasteiger partial charge in [0.15, 0.2) is 5.11 Å². The van der Waals surface area contributed by atoms with Crippen molar-refractivity contribution in [3.05, 3.63) is 29.3 Å². The second-order valence-electron chi connectivity index (χ2n) is 6.98. The summed E-state index contributed by atoms with van der Waals surface area (Å²) in [5.74, 6) is 0.511. The van der Waals surface area contributed by atoms with Crippen molar-refractivity contribution in [2.45, 2.75) is 40.0 Å². The predicted molar refractivity (Wildman–Crippen MR) is 111 cm³/mol. The lowest BCUT2D eigenvalue weighted by atomic mass is 10.0. The highest BCUT2D eigenvalue weighted by Crippen LogP contribution is 2.20. The molecule has 1 fully saturated rings. The van der Waals surface area contributed by atoms with Crippen LogP contribution in [-0.2, 0) is 4.74 Å². The van der Waals surface area contributed by atoms with Crippen LogP contribution >= 0.6 is 12.2 Å². The van der Waals surface area contributed by atoms with Crippen LogP contribution in [0.2, 0.25) is 0 Å². The fourth-order valence-corrected chi connectivity index (χ4v) is 3.57. The van der Waals surface area contributed by atoms with Crippen molar-refractivity contribution >= 4 is 29.0 Å². The Bertz CT molecular complexity index is 621. The quantitative estimate of drug-likeness (QED) is 0.430. The second kappa shape index (κ2) is 10.5. The third-order valence-corrected chi connectivity index (χ3v) is 5.00. The standard InChI is InChI=1S/C20H31N3O2S/c1-4-25-19(24)17-9-5-10-18(16(17)3)22-20(26)21-11-7-13-23-12-6-8-15(2)14-23/h5,9-10,15H,4,6-8,11-14H2,1-3H3,(H2,21,22,26). The first kappa shape index (κ1) is 20.6. The average molecular weight is 378 g/mol. The molecule has 0 spiro atoms. The fraction of sp³-hybridized carbons (Fsp3) is 0.600. The molecule has 1 aliphatic heterocycles. The summed E-state index contributed by atoms with van der Waals surface area (Å²) in [7, 11) is 0. The van der Waals surface area contributed by atoms with Crippen LogP contribution < -0.4 is 10.6 Å². The highest BCUT2D eigenvalue weighted by Gasteiger charge is 2.15. The lowest BCUT2D eigenvalue weighted by Crippen LogP contribution is -2.37. The number of hydrogen-bond acceptors (Lipinski definition) is 4. The summed E-state index contributed by atoms with van der Waals surface area (Å²) >= 11 is 5.39. The van der Waals surface area contributed by atoms with Gasteiger partial charge in [-0.15, -0.1) is 0 Å². The SMILES string of the molecule is CCOC(=O)c1cccc(NC(=S)NCCCN2CCCC(C)C2)c1C. The van der Waals surface area contributed by atoms with Crippen molar-refractivity contribution in [2.75, 3.05) is 38.1 Å². The zero-order chi connectivity index (χ0) is 18.9. The van der Waals surface area contributed by atoms with Crippen LogP contribution in [0.3, 0.4) is 0 Å². The number of thiocarbonyl (C=S) groups is 1. The van der Waals surface area contributed by atoms with Gasteiger partial charge in [-0.3, -0.25) is 0 Å². The lowest BCUT2D eigenvalue weighted by molar-refractivity contribution is 0.0525. The minimum Gasteiger partial charge on any atom is -0.462 e. The van der Waals surface area contributed by atoms with Gasteiger partial charge in [-0.1, -0.05) is 13.0 Å². The van der Waals surface area contributed by atoms with E-state index in [1.54, 1.807) is 13.0 Å². The number of nitrogens with one attached hydrogen (secondary N) is 2. The third-order valence-electron chi connectivity index (χ3n) is 4.76. The van der Waals surface area contributed by atoms with Gasteiger partial charge in [0.2, 0.25) is 0 Å². The van der Waals surface area contributed by atoms with Gasteiger partial charge < -0.3 is 20.3 Å². The van der Waals surface area contributed by atoms with E-state index in [1.165, 1.54) is 25.9 Å². The summed E-state index contributed by atoms with van der Waals surface area (Å²) in [6.45, 7) is 10.8. The molecule has 1 aliphatic rings. The number of nitrogens with zero attached hydrogens (tertiary/aromatic N) is 1. The van der Waals surface area contributed by atoms with E-state index < -0.39 is 0 Å². The summed E-state index contributed by atoms with van der Waals surface area (Å²) in [5.41, 5.74) is 2.24. The van der Waals surface area contributed by atoms with E-state index in [9.17, 15) is 4.79 Å². The molecule has 0 bridgehead atoms. The molecule has 2 N–H and O–H groups in total. The molecule has 1 atom stereocenters. The number of carbonyl (C=O) groups is 1. The minimum atomic E-state index is -0.303. The Kier molecular flexibility index (Phi) is 8.32. The van der Waals surface area contributed by atoms with Crippen molar-refractivity contribution in [2.24, 2.45) is 5.92 Å². The zero-order valence-electron chi connectivity index (χ0n) is 16.1. The molecule has 2 rings (SSSR count). The number of hydrogen-bond donors (Lipinski definition) is 2. The van der Waals surface area contributed by atoms with E-state index >= 15 is 0 Å². The highest BCUT2D eigenvalue weighted by atomic mass is 32.1. The van der Waals surface area contributed by atoms with Crippen LogP contribution in [0.4, 0.5) is 5.69 Å². The summed E-state index contributed by atoms with van der Waals surface area (Å²) in [6, 6.07) is 5.53. The number of piperidine rings is 1. The Morgan fingerprint density at radius 1 is 1.42 bits per heavy atom. The molecule has 0 aliphatic carbocycles. The van der Waals surface area contributed by atoms with Crippen molar-refractivity contribution in [1.82, 2.24) is 10.2 Å². The fourth-order valence-electron chi connectivity index (χ4n) is 3.36. The van der Waals surface area contributed by atoms with E-state index in [0.717, 1.165) is 36.7 Å². The van der Waals surface area contributed by atoms with Gasteiger partial charge in [-0.25, -0.2) is 4.79 Å². The van der Waals surface area contributed by atoms with E-state index in [-0.39, 0.29) is 5.97 Å². The smallest absolute Gasteiger partial charge is 0.338 e. The number of anilines is 1. The Morgan fingerprint density at radius 3 is 2.96 bits per heavy atom. The van der Waals surface area contributed by atoms with Crippen molar-refractivity contribution in [3.8, 4) is 0 Å². The van der Waals surface area contributed by atoms with Crippen LogP contribution in [0, 0.1) is 12.8 Å². The van der Waals surface area contributed by atoms with Gasteiger partial charge >= 0.3 is 5.97 Å². The van der Waals surface area contributed by atoms with Crippen molar-refractivity contribution in [3.63, 3.8) is 0 Å². The molecule has 144 valence electrons. The number of ether oxygens (including phenoxy) is 1. The van der Waals surface area contributed by atoms with Crippen LogP contribution in [-0.4, -0.2) is 48.8 Å². The van der Waals surface area contributed by atoms with Crippen LogP contribution in [0.5, 0.6) is 0 Å². The maximum atomic E-state index is 12.0. The summed E-state index contributed by atoms with van der Waals surface area (Å²) in [6.07, 6.45) is 3.73. The highest BCUT2D eigenvalue weighted by molar-refractivity contribution is 7.80. The predicted octanol–water partition coefficient (Wildman–Crippen LogP) is 3.58. The Labute approximate surface area is 162 Å². The monoisotopic (exact) mass is 377 g/mol. The molecule has 1 aromatic rings. The van der Waals surface area contributed by atoms with Gasteiger partial charge in [0.25, 0.3) is 0 Å². The molecule has 1 unspecified atom stereocenters. The Morgan fingerprint density at radius 2 is 2.23 bits per heavy atom. The third kappa shape index (κ3) is 6.25. The summed E-state index contributed by atoms with van der Waals surface area (Å²) in [5, 5.41) is 7.04. The molecule has 5 nitrogen and oxygen atoms in total. The van der Waals surface area contributed by atoms with E-state index in [1.807, 2.05) is 19.1 Å². The van der Waals surface area contributed by atoms with Crippen LogP contribution in [0.1, 0.15) is 49.0 Å². The van der Waals surface area contributed by atoms with E-state index in [0.29, 0.717) is 17.3 Å². The lowest BCUT2D eigenvalue weighted by Gasteiger charge is -2.30. The number of likely N-dealkylation sites (tertiary alicyclic amines) is 1. The number of rotatable bonds is 7. The maximum Gasteiger partial charge on any atom is 0.338 e. The van der Waals surface area contributed by atoms with E-state index in [4.69, 9.17) is 17.0 Å². The molecular formula is C20H31N3O2S. The molecule has 1 heterocycles. The molecule has 0 aromatic heterocycles. The number of esters is 1. The van der Waals surface area contributed by atoms with Gasteiger partial charge in [0.1, 0.15) is 0 Å². The Balaban J connectivity index is 1.77. The molecular weight excluding hydrogens is 346 g/mol. The molecule has 1 saturated heterocycles. The largest absolute Gasteiger partial charge is 0.462 e.